The van der Waals surface area contributed by atoms with E-state index in [0.29, 0.717) is 5.56 Å². The highest BCUT2D eigenvalue weighted by atomic mass is 32.1. The summed E-state index contributed by atoms with van der Waals surface area (Å²) in [5, 5.41) is 10.2. The van der Waals surface area contributed by atoms with Crippen molar-refractivity contribution in [2.75, 3.05) is 0 Å². The summed E-state index contributed by atoms with van der Waals surface area (Å²) in [5.74, 6) is -0.0693. The number of fused-ring (bicyclic) bond motifs is 1. The second-order valence-electron chi connectivity index (χ2n) is 5.51. The van der Waals surface area contributed by atoms with Gasteiger partial charge in [-0.05, 0) is 37.8 Å². The van der Waals surface area contributed by atoms with E-state index in [-0.39, 0.29) is 11.9 Å². The number of pyridine rings is 1. The Hall–Kier alpha value is -2.21. The quantitative estimate of drug-likeness (QED) is 0.777. The van der Waals surface area contributed by atoms with Crippen molar-refractivity contribution in [1.29, 1.82) is 0 Å². The van der Waals surface area contributed by atoms with Crippen LogP contribution in [0.15, 0.2) is 29.8 Å². The number of hydrogen-bond acceptors (Lipinski definition) is 4. The number of rotatable bonds is 5. The Bertz CT molecular complexity index is 823. The van der Waals surface area contributed by atoms with Crippen LogP contribution in [0, 0.1) is 0 Å². The fraction of sp³-hybridized carbons (Fsp3) is 0.353. The Morgan fingerprint density at radius 3 is 2.91 bits per heavy atom. The predicted octanol–water partition coefficient (Wildman–Crippen LogP) is 3.71. The van der Waals surface area contributed by atoms with Crippen molar-refractivity contribution in [2.24, 2.45) is 0 Å². The first kappa shape index (κ1) is 15.7. The third kappa shape index (κ3) is 2.99. The standard InChI is InChI=1S/C17H20N4OS/c1-4-11(3)19-17(22)12-9-14(15-7-6-8-23-15)20-16-13(12)10-18-21(16)5-2/h6-11H,4-5H2,1-3H3,(H,19,22). The summed E-state index contributed by atoms with van der Waals surface area (Å²) in [5.41, 5.74) is 2.21. The zero-order valence-electron chi connectivity index (χ0n) is 13.5. The van der Waals surface area contributed by atoms with Crippen LogP contribution in [0.2, 0.25) is 0 Å². The van der Waals surface area contributed by atoms with Crippen molar-refractivity contribution in [3.8, 4) is 10.6 Å². The molecule has 5 nitrogen and oxygen atoms in total. The van der Waals surface area contributed by atoms with Crippen LogP contribution in [0.1, 0.15) is 37.6 Å². The van der Waals surface area contributed by atoms with Gasteiger partial charge in [0.15, 0.2) is 5.65 Å². The lowest BCUT2D eigenvalue weighted by molar-refractivity contribution is 0.0941. The molecule has 0 fully saturated rings. The molecule has 1 atom stereocenters. The number of nitrogens with zero attached hydrogens (tertiary/aromatic N) is 3. The van der Waals surface area contributed by atoms with E-state index < -0.39 is 0 Å². The van der Waals surface area contributed by atoms with Crippen LogP contribution in [0.4, 0.5) is 0 Å². The summed E-state index contributed by atoms with van der Waals surface area (Å²) >= 11 is 1.62. The maximum atomic E-state index is 12.7. The second-order valence-corrected chi connectivity index (χ2v) is 6.46. The zero-order valence-corrected chi connectivity index (χ0v) is 14.4. The molecule has 120 valence electrons. The van der Waals surface area contributed by atoms with Gasteiger partial charge in [-0.3, -0.25) is 4.79 Å². The zero-order chi connectivity index (χ0) is 16.4. The minimum absolute atomic E-state index is 0.0693. The van der Waals surface area contributed by atoms with Gasteiger partial charge in [0.25, 0.3) is 5.91 Å². The van der Waals surface area contributed by atoms with E-state index in [1.165, 1.54) is 0 Å². The molecule has 0 aromatic carbocycles. The number of nitrogens with one attached hydrogen (secondary N) is 1. The minimum atomic E-state index is -0.0693. The average molecular weight is 328 g/mol. The van der Waals surface area contributed by atoms with Gasteiger partial charge >= 0.3 is 0 Å². The van der Waals surface area contributed by atoms with Gasteiger partial charge in [0.05, 0.1) is 27.7 Å². The topological polar surface area (TPSA) is 59.8 Å². The van der Waals surface area contributed by atoms with Crippen molar-refractivity contribution in [1.82, 2.24) is 20.1 Å². The van der Waals surface area contributed by atoms with Crippen molar-refractivity contribution < 1.29 is 4.79 Å². The van der Waals surface area contributed by atoms with Gasteiger partial charge in [-0.1, -0.05) is 13.0 Å². The maximum absolute atomic E-state index is 12.7. The van der Waals surface area contributed by atoms with Crippen LogP contribution in [-0.2, 0) is 6.54 Å². The molecule has 3 heterocycles. The molecule has 1 N–H and O–H groups in total. The van der Waals surface area contributed by atoms with Crippen LogP contribution in [0.5, 0.6) is 0 Å². The molecule has 23 heavy (non-hydrogen) atoms. The summed E-state index contributed by atoms with van der Waals surface area (Å²) in [6.07, 6.45) is 2.63. The Kier molecular flexibility index (Phi) is 4.43. The first-order chi connectivity index (χ1) is 11.1. The predicted molar refractivity (Wildman–Crippen MR) is 93.7 cm³/mol. The summed E-state index contributed by atoms with van der Waals surface area (Å²) in [7, 11) is 0. The van der Waals surface area contributed by atoms with Crippen molar-refractivity contribution in [2.45, 2.75) is 39.8 Å². The fourth-order valence-corrected chi connectivity index (χ4v) is 3.11. The number of carbonyl (C=O) groups excluding carboxylic acids is 1. The molecule has 3 rings (SSSR count). The minimum Gasteiger partial charge on any atom is -0.350 e. The lowest BCUT2D eigenvalue weighted by Crippen LogP contribution is -2.32. The summed E-state index contributed by atoms with van der Waals surface area (Å²) < 4.78 is 1.83. The van der Waals surface area contributed by atoms with Crippen molar-refractivity contribution >= 4 is 28.3 Å². The van der Waals surface area contributed by atoms with Gasteiger partial charge in [-0.25, -0.2) is 9.67 Å². The lowest BCUT2D eigenvalue weighted by atomic mass is 10.1. The van der Waals surface area contributed by atoms with E-state index in [0.717, 1.165) is 34.6 Å². The number of hydrogen-bond donors (Lipinski definition) is 1. The number of thiophene rings is 1. The lowest BCUT2D eigenvalue weighted by Gasteiger charge is -2.12. The maximum Gasteiger partial charge on any atom is 0.252 e. The highest BCUT2D eigenvalue weighted by Crippen LogP contribution is 2.28. The summed E-state index contributed by atoms with van der Waals surface area (Å²) in [4.78, 5) is 18.4. The first-order valence-corrected chi connectivity index (χ1v) is 8.73. The molecule has 0 aliphatic rings. The Balaban J connectivity index is 2.15. The Labute approximate surface area is 139 Å². The van der Waals surface area contributed by atoms with E-state index in [1.54, 1.807) is 17.5 Å². The van der Waals surface area contributed by atoms with Gasteiger partial charge in [0, 0.05) is 12.6 Å². The van der Waals surface area contributed by atoms with Gasteiger partial charge in [-0.15, -0.1) is 11.3 Å². The molecular weight excluding hydrogens is 308 g/mol. The third-order valence-corrected chi connectivity index (χ3v) is 4.81. The van der Waals surface area contributed by atoms with Crippen LogP contribution in [-0.4, -0.2) is 26.7 Å². The summed E-state index contributed by atoms with van der Waals surface area (Å²) in [6, 6.07) is 6.01. The third-order valence-electron chi connectivity index (χ3n) is 3.92. The first-order valence-electron chi connectivity index (χ1n) is 7.85. The van der Waals surface area contributed by atoms with Crippen LogP contribution in [0.25, 0.3) is 21.6 Å². The molecule has 1 amide bonds. The van der Waals surface area contributed by atoms with Gasteiger partial charge in [-0.2, -0.15) is 5.10 Å². The van der Waals surface area contributed by atoms with Gasteiger partial charge < -0.3 is 5.32 Å². The SMILES string of the molecule is CCC(C)NC(=O)c1cc(-c2cccs2)nc2c1cnn2CC. The largest absolute Gasteiger partial charge is 0.350 e. The second kappa shape index (κ2) is 6.50. The molecule has 0 spiro atoms. The van der Waals surface area contributed by atoms with E-state index in [4.69, 9.17) is 4.98 Å². The number of aryl methyl sites for hydroxylation is 1. The molecular formula is C17H20N4OS. The number of aromatic nitrogens is 3. The van der Waals surface area contributed by atoms with Crippen LogP contribution in [0.3, 0.4) is 0 Å². The van der Waals surface area contributed by atoms with Crippen LogP contribution >= 0.6 is 11.3 Å². The number of amides is 1. The molecule has 6 heteroatoms. The van der Waals surface area contributed by atoms with Gasteiger partial charge in [0.2, 0.25) is 0 Å². The molecule has 0 aliphatic heterocycles. The molecule has 0 bridgehead atoms. The molecule has 0 aliphatic carbocycles. The van der Waals surface area contributed by atoms with Crippen LogP contribution < -0.4 is 5.32 Å². The highest BCUT2D eigenvalue weighted by Gasteiger charge is 2.18. The fourth-order valence-electron chi connectivity index (χ4n) is 2.42. The molecule has 0 radical (unpaired) electrons. The summed E-state index contributed by atoms with van der Waals surface area (Å²) in [6.45, 7) is 6.80. The van der Waals surface area contributed by atoms with Gasteiger partial charge in [0.1, 0.15) is 0 Å². The van der Waals surface area contributed by atoms with E-state index >= 15 is 0 Å². The van der Waals surface area contributed by atoms with E-state index in [9.17, 15) is 4.79 Å². The molecule has 1 unspecified atom stereocenters. The normalized spacial score (nSPS) is 12.5. The highest BCUT2D eigenvalue weighted by molar-refractivity contribution is 7.13. The molecule has 0 saturated heterocycles. The van der Waals surface area contributed by atoms with E-state index in [2.05, 4.69) is 17.3 Å². The van der Waals surface area contributed by atoms with Crippen molar-refractivity contribution in [3.63, 3.8) is 0 Å². The molecule has 0 saturated carbocycles. The smallest absolute Gasteiger partial charge is 0.252 e. The molecule has 3 aromatic rings. The van der Waals surface area contributed by atoms with E-state index in [1.807, 2.05) is 42.1 Å². The molecule has 3 aromatic heterocycles. The Morgan fingerprint density at radius 1 is 1.43 bits per heavy atom. The average Bonchev–Trinajstić information content (AvgIpc) is 3.22. The number of carbonyl (C=O) groups is 1. The van der Waals surface area contributed by atoms with Crippen molar-refractivity contribution in [3.05, 3.63) is 35.3 Å². The monoisotopic (exact) mass is 328 g/mol. The Morgan fingerprint density at radius 2 is 2.26 bits per heavy atom.